The number of rotatable bonds is 9. The van der Waals surface area contributed by atoms with Crippen molar-refractivity contribution in [2.45, 2.75) is 13.8 Å². The van der Waals surface area contributed by atoms with E-state index < -0.39 is 36.8 Å². The summed E-state index contributed by atoms with van der Waals surface area (Å²) in [4.78, 5) is 37.5. The minimum absolute atomic E-state index is 0.289. The van der Waals surface area contributed by atoms with Gasteiger partial charge in [0.15, 0.2) is 13.2 Å². The van der Waals surface area contributed by atoms with Crippen LogP contribution in [0.4, 0.5) is 10.1 Å². The fraction of sp³-hybridized carbons (Fsp3) is 0.286. The second-order valence-corrected chi connectivity index (χ2v) is 6.12. The molecule has 0 radical (unpaired) electrons. The highest BCUT2D eigenvalue weighted by Crippen LogP contribution is 2.14. The van der Waals surface area contributed by atoms with Crippen LogP contribution in [0.5, 0.6) is 5.75 Å². The molecule has 0 unspecified atom stereocenters. The Labute approximate surface area is 173 Å². The number of halogens is 1. The zero-order valence-corrected chi connectivity index (χ0v) is 16.8. The van der Waals surface area contributed by atoms with E-state index in [1.54, 1.807) is 12.1 Å². The van der Waals surface area contributed by atoms with Crippen LogP contribution in [0, 0.1) is 5.82 Å². The first-order valence-corrected chi connectivity index (χ1v) is 9.41. The third-order valence-electron chi connectivity index (χ3n) is 4.11. The van der Waals surface area contributed by atoms with E-state index in [1.807, 2.05) is 26.0 Å². The fourth-order valence-electron chi connectivity index (χ4n) is 2.51. The van der Waals surface area contributed by atoms with Crippen LogP contribution >= 0.6 is 0 Å². The molecule has 0 fully saturated rings. The van der Waals surface area contributed by atoms with Crippen molar-refractivity contribution in [2.24, 2.45) is 0 Å². The highest BCUT2D eigenvalue weighted by atomic mass is 19.1. The Balaban J connectivity index is 1.70. The summed E-state index contributed by atoms with van der Waals surface area (Å²) < 4.78 is 22.6. The zero-order chi connectivity index (χ0) is 21.9. The number of amides is 2. The van der Waals surface area contributed by atoms with E-state index in [9.17, 15) is 18.8 Å². The molecular weight excluding hydrogens is 393 g/mol. The molecule has 2 amide bonds. The summed E-state index contributed by atoms with van der Waals surface area (Å²) in [5.74, 6) is -2.13. The Bertz CT molecular complexity index is 852. The lowest BCUT2D eigenvalue weighted by Gasteiger charge is -2.21. The molecule has 0 bridgehead atoms. The number of hydrogen-bond acceptors (Lipinski definition) is 6. The number of nitrogens with zero attached hydrogens (tertiary/aromatic N) is 1. The maximum absolute atomic E-state index is 12.8. The molecule has 2 N–H and O–H groups in total. The molecule has 0 aromatic heterocycles. The number of hydrogen-bond donors (Lipinski definition) is 2. The van der Waals surface area contributed by atoms with E-state index in [0.29, 0.717) is 5.56 Å². The molecule has 2 aromatic rings. The molecule has 0 saturated carbocycles. The molecule has 8 nitrogen and oxygen atoms in total. The zero-order valence-electron chi connectivity index (χ0n) is 16.8. The Morgan fingerprint density at radius 2 is 1.53 bits per heavy atom. The quantitative estimate of drug-likeness (QED) is 0.479. The van der Waals surface area contributed by atoms with Gasteiger partial charge in [0.05, 0.1) is 0 Å². The third kappa shape index (κ3) is 7.08. The average Bonchev–Trinajstić information content (AvgIpc) is 2.77. The third-order valence-corrected chi connectivity index (χ3v) is 4.11. The van der Waals surface area contributed by atoms with Gasteiger partial charge in [-0.25, -0.2) is 9.18 Å². The number of hydrazine groups is 1. The normalized spacial score (nSPS) is 10.1. The van der Waals surface area contributed by atoms with Crippen molar-refractivity contribution < 1.29 is 28.2 Å². The highest BCUT2D eigenvalue weighted by molar-refractivity contribution is 5.95. The van der Waals surface area contributed by atoms with Crippen molar-refractivity contribution >= 4 is 23.5 Å². The van der Waals surface area contributed by atoms with Gasteiger partial charge >= 0.3 is 5.97 Å². The molecule has 0 saturated heterocycles. The lowest BCUT2D eigenvalue weighted by Crippen LogP contribution is -2.43. The molecule has 0 heterocycles. The molecule has 2 aromatic carbocycles. The van der Waals surface area contributed by atoms with Crippen molar-refractivity contribution in [3.05, 3.63) is 59.9 Å². The SMILES string of the molecule is CCN(CC)c1ccc(C(=O)NNC(=O)COC(=O)COc2ccc(F)cc2)cc1. The van der Waals surface area contributed by atoms with Crippen LogP contribution in [0.2, 0.25) is 0 Å². The summed E-state index contributed by atoms with van der Waals surface area (Å²) >= 11 is 0. The van der Waals surface area contributed by atoms with Gasteiger partial charge in [-0.1, -0.05) is 0 Å². The van der Waals surface area contributed by atoms with Crippen molar-refractivity contribution in [1.29, 1.82) is 0 Å². The van der Waals surface area contributed by atoms with E-state index in [2.05, 4.69) is 15.8 Å². The monoisotopic (exact) mass is 417 g/mol. The number of carbonyl (C=O) groups is 3. The number of benzene rings is 2. The lowest BCUT2D eigenvalue weighted by atomic mass is 10.2. The molecule has 0 aliphatic heterocycles. The van der Waals surface area contributed by atoms with Crippen LogP contribution in [-0.2, 0) is 14.3 Å². The number of anilines is 1. The first kappa shape index (κ1) is 22.7. The van der Waals surface area contributed by atoms with Gasteiger partial charge in [0.25, 0.3) is 11.8 Å². The van der Waals surface area contributed by atoms with E-state index in [-0.39, 0.29) is 5.75 Å². The predicted octanol–water partition coefficient (Wildman–Crippen LogP) is 2.06. The summed E-state index contributed by atoms with van der Waals surface area (Å²) in [6.07, 6.45) is 0. The van der Waals surface area contributed by atoms with Crippen molar-refractivity contribution in [1.82, 2.24) is 10.9 Å². The lowest BCUT2D eigenvalue weighted by molar-refractivity contribution is -0.150. The maximum Gasteiger partial charge on any atom is 0.344 e. The molecule has 30 heavy (non-hydrogen) atoms. The van der Waals surface area contributed by atoms with Crippen LogP contribution in [-0.4, -0.2) is 44.1 Å². The first-order valence-electron chi connectivity index (χ1n) is 9.41. The first-order chi connectivity index (χ1) is 14.4. The number of nitrogens with one attached hydrogen (secondary N) is 2. The summed E-state index contributed by atoms with van der Waals surface area (Å²) in [5, 5.41) is 0. The van der Waals surface area contributed by atoms with Crippen molar-refractivity contribution in [2.75, 3.05) is 31.2 Å². The predicted molar refractivity (Wildman–Crippen MR) is 108 cm³/mol. The van der Waals surface area contributed by atoms with Crippen LogP contribution in [0.1, 0.15) is 24.2 Å². The largest absolute Gasteiger partial charge is 0.482 e. The molecule has 0 aliphatic carbocycles. The van der Waals surface area contributed by atoms with Gasteiger partial charge in [0.2, 0.25) is 0 Å². The van der Waals surface area contributed by atoms with Gasteiger partial charge in [-0.15, -0.1) is 0 Å². The van der Waals surface area contributed by atoms with Gasteiger partial charge in [0, 0.05) is 24.3 Å². The van der Waals surface area contributed by atoms with E-state index in [1.165, 1.54) is 24.3 Å². The molecule has 9 heteroatoms. The molecule has 160 valence electrons. The minimum atomic E-state index is -0.784. The van der Waals surface area contributed by atoms with Gasteiger partial charge < -0.3 is 14.4 Å². The van der Waals surface area contributed by atoms with Crippen molar-refractivity contribution in [3.63, 3.8) is 0 Å². The average molecular weight is 417 g/mol. The Hall–Kier alpha value is -3.62. The summed E-state index contributed by atoms with van der Waals surface area (Å²) in [5.41, 5.74) is 5.79. The summed E-state index contributed by atoms with van der Waals surface area (Å²) in [7, 11) is 0. The van der Waals surface area contributed by atoms with Gasteiger partial charge in [-0.3, -0.25) is 20.4 Å². The Kier molecular flexibility index (Phi) is 8.61. The molecule has 2 rings (SSSR count). The Morgan fingerprint density at radius 3 is 2.13 bits per heavy atom. The topological polar surface area (TPSA) is 97.0 Å². The Morgan fingerprint density at radius 1 is 0.900 bits per heavy atom. The van der Waals surface area contributed by atoms with E-state index in [4.69, 9.17) is 9.47 Å². The minimum Gasteiger partial charge on any atom is -0.482 e. The van der Waals surface area contributed by atoms with Crippen LogP contribution in [0.15, 0.2) is 48.5 Å². The van der Waals surface area contributed by atoms with Gasteiger partial charge in [-0.05, 0) is 62.4 Å². The number of carbonyl (C=O) groups excluding carboxylic acids is 3. The smallest absolute Gasteiger partial charge is 0.344 e. The second kappa shape index (κ2) is 11.4. The highest BCUT2D eigenvalue weighted by Gasteiger charge is 2.11. The molecular formula is C21H24FN3O5. The van der Waals surface area contributed by atoms with Gasteiger partial charge in [-0.2, -0.15) is 0 Å². The molecule has 0 spiro atoms. The maximum atomic E-state index is 12.8. The van der Waals surface area contributed by atoms with Crippen molar-refractivity contribution in [3.8, 4) is 5.75 Å². The summed E-state index contributed by atoms with van der Waals surface area (Å²) in [6, 6.07) is 12.1. The van der Waals surface area contributed by atoms with Crippen LogP contribution < -0.4 is 20.5 Å². The van der Waals surface area contributed by atoms with Crippen LogP contribution in [0.3, 0.4) is 0 Å². The van der Waals surface area contributed by atoms with Crippen LogP contribution in [0.25, 0.3) is 0 Å². The second-order valence-electron chi connectivity index (χ2n) is 6.12. The standard InChI is InChI=1S/C21H24FN3O5/c1-3-25(4-2)17-9-5-15(6-10-17)21(28)24-23-19(26)13-30-20(27)14-29-18-11-7-16(22)8-12-18/h5-12H,3-4,13-14H2,1-2H3,(H,23,26)(H,24,28). The van der Waals surface area contributed by atoms with Gasteiger partial charge in [0.1, 0.15) is 11.6 Å². The molecule has 0 atom stereocenters. The van der Waals surface area contributed by atoms with E-state index in [0.717, 1.165) is 18.8 Å². The fourth-order valence-corrected chi connectivity index (χ4v) is 2.51. The number of ether oxygens (including phenoxy) is 2. The number of esters is 1. The molecule has 0 aliphatic rings. The van der Waals surface area contributed by atoms with E-state index >= 15 is 0 Å². The summed E-state index contributed by atoms with van der Waals surface area (Å²) in [6.45, 7) is 4.76.